The molecule has 0 saturated heterocycles. The Labute approximate surface area is 122 Å². The summed E-state index contributed by atoms with van der Waals surface area (Å²) in [6.07, 6.45) is 3.96. The van der Waals surface area contributed by atoms with Gasteiger partial charge in [0.15, 0.2) is 0 Å². The van der Waals surface area contributed by atoms with Crippen molar-refractivity contribution >= 4 is 22.6 Å². The van der Waals surface area contributed by atoms with Gasteiger partial charge in [0, 0.05) is 22.4 Å². The number of hydrogen-bond donors (Lipinski definition) is 1. The molecule has 2 aromatic rings. The summed E-state index contributed by atoms with van der Waals surface area (Å²) in [5.41, 5.74) is 2.53. The van der Waals surface area contributed by atoms with Gasteiger partial charge in [-0.3, -0.25) is 4.68 Å². The van der Waals surface area contributed by atoms with Crippen molar-refractivity contribution < 1.29 is 0 Å². The van der Waals surface area contributed by atoms with Crippen LogP contribution in [0.2, 0.25) is 0 Å². The van der Waals surface area contributed by atoms with E-state index in [2.05, 4.69) is 77.3 Å². The van der Waals surface area contributed by atoms with Gasteiger partial charge < -0.3 is 5.32 Å². The van der Waals surface area contributed by atoms with Gasteiger partial charge in [-0.05, 0) is 59.7 Å². The molecule has 1 N–H and O–H groups in total. The van der Waals surface area contributed by atoms with E-state index in [9.17, 15) is 0 Å². The Kier molecular flexibility index (Phi) is 4.77. The first-order chi connectivity index (χ1) is 8.65. The van der Waals surface area contributed by atoms with Crippen LogP contribution in [0.25, 0.3) is 0 Å². The molecule has 2 rings (SSSR count). The maximum atomic E-state index is 4.27. The van der Waals surface area contributed by atoms with Crippen LogP contribution in [0.4, 0.5) is 0 Å². The molecule has 0 aliphatic rings. The molecule has 1 unspecified atom stereocenters. The average Bonchev–Trinajstić information content (AvgIpc) is 2.76. The summed E-state index contributed by atoms with van der Waals surface area (Å²) in [6.45, 7) is 6.08. The molecule has 3 nitrogen and oxygen atoms in total. The predicted octanol–water partition coefficient (Wildman–Crippen LogP) is 3.15. The summed E-state index contributed by atoms with van der Waals surface area (Å²) in [5.74, 6) is 0. The molecule has 1 heterocycles. The number of aryl methyl sites for hydroxylation is 1. The maximum absolute atomic E-state index is 4.27. The molecule has 1 atom stereocenters. The minimum absolute atomic E-state index is 0.374. The fourth-order valence-corrected chi connectivity index (χ4v) is 2.21. The zero-order valence-electron chi connectivity index (χ0n) is 10.7. The molecule has 0 amide bonds. The molecule has 96 valence electrons. The normalized spacial score (nSPS) is 12.6. The second-order valence-corrected chi connectivity index (χ2v) is 5.75. The first-order valence-corrected chi connectivity index (χ1v) is 7.21. The zero-order valence-corrected chi connectivity index (χ0v) is 12.9. The van der Waals surface area contributed by atoms with Crippen molar-refractivity contribution in [3.8, 4) is 0 Å². The lowest BCUT2D eigenvalue weighted by Crippen LogP contribution is -2.23. The summed E-state index contributed by atoms with van der Waals surface area (Å²) in [5, 5.41) is 7.79. The summed E-state index contributed by atoms with van der Waals surface area (Å²) in [6, 6.07) is 9.02. The Hall–Kier alpha value is -0.880. The molecule has 1 aromatic carbocycles. The van der Waals surface area contributed by atoms with Gasteiger partial charge in [-0.25, -0.2) is 0 Å². The molecular weight excluding hydrogens is 337 g/mol. The molecule has 0 bridgehead atoms. The molecule has 0 radical (unpaired) electrons. The van der Waals surface area contributed by atoms with E-state index in [-0.39, 0.29) is 0 Å². The average molecular weight is 355 g/mol. The van der Waals surface area contributed by atoms with Crippen molar-refractivity contribution in [3.63, 3.8) is 0 Å². The minimum atomic E-state index is 0.374. The van der Waals surface area contributed by atoms with Crippen molar-refractivity contribution in [3.05, 3.63) is 51.4 Å². The largest absolute Gasteiger partial charge is 0.308 e. The number of hydrogen-bond acceptors (Lipinski definition) is 2. The van der Waals surface area contributed by atoms with Gasteiger partial charge in [-0.2, -0.15) is 5.10 Å². The minimum Gasteiger partial charge on any atom is -0.308 e. The molecule has 1 aromatic heterocycles. The van der Waals surface area contributed by atoms with Crippen LogP contribution in [0.5, 0.6) is 0 Å². The van der Waals surface area contributed by atoms with E-state index < -0.39 is 0 Å². The van der Waals surface area contributed by atoms with Crippen LogP contribution in [0.3, 0.4) is 0 Å². The van der Waals surface area contributed by atoms with E-state index in [1.54, 1.807) is 0 Å². The van der Waals surface area contributed by atoms with E-state index in [1.165, 1.54) is 14.7 Å². The van der Waals surface area contributed by atoms with Gasteiger partial charge in [-0.1, -0.05) is 12.1 Å². The Morgan fingerprint density at radius 1 is 1.33 bits per heavy atom. The second kappa shape index (κ2) is 6.33. The van der Waals surface area contributed by atoms with Gasteiger partial charge >= 0.3 is 0 Å². The standard InChI is InChI=1S/C14H18IN3/c1-11-9-17-18(10-11)8-7-16-12(2)13-3-5-14(15)6-4-13/h3-6,9-10,12,16H,7-8H2,1-2H3. The third-order valence-corrected chi connectivity index (χ3v) is 3.64. The molecule has 4 heteroatoms. The molecule has 0 fully saturated rings. The lowest BCUT2D eigenvalue weighted by atomic mass is 10.1. The quantitative estimate of drug-likeness (QED) is 0.836. The fraction of sp³-hybridized carbons (Fsp3) is 0.357. The van der Waals surface area contributed by atoms with Gasteiger partial charge in [0.2, 0.25) is 0 Å². The van der Waals surface area contributed by atoms with Crippen molar-refractivity contribution in [2.75, 3.05) is 6.54 Å². The first-order valence-electron chi connectivity index (χ1n) is 6.13. The van der Waals surface area contributed by atoms with Gasteiger partial charge in [0.25, 0.3) is 0 Å². The van der Waals surface area contributed by atoms with E-state index in [0.29, 0.717) is 6.04 Å². The van der Waals surface area contributed by atoms with E-state index in [4.69, 9.17) is 0 Å². The van der Waals surface area contributed by atoms with Crippen LogP contribution in [0.1, 0.15) is 24.1 Å². The highest BCUT2D eigenvalue weighted by Gasteiger charge is 2.04. The third-order valence-electron chi connectivity index (χ3n) is 2.92. The number of aromatic nitrogens is 2. The van der Waals surface area contributed by atoms with Crippen LogP contribution in [-0.2, 0) is 6.54 Å². The Balaban J connectivity index is 1.81. The number of benzene rings is 1. The van der Waals surface area contributed by atoms with Crippen molar-refractivity contribution in [2.24, 2.45) is 0 Å². The third kappa shape index (κ3) is 3.81. The van der Waals surface area contributed by atoms with Crippen molar-refractivity contribution in [1.82, 2.24) is 15.1 Å². The smallest absolute Gasteiger partial charge is 0.0534 e. The van der Waals surface area contributed by atoms with E-state index >= 15 is 0 Å². The summed E-state index contributed by atoms with van der Waals surface area (Å²) >= 11 is 2.33. The van der Waals surface area contributed by atoms with Gasteiger partial charge in [-0.15, -0.1) is 0 Å². The van der Waals surface area contributed by atoms with Gasteiger partial charge in [0.05, 0.1) is 12.7 Å². The van der Waals surface area contributed by atoms with Crippen LogP contribution >= 0.6 is 22.6 Å². The highest BCUT2D eigenvalue weighted by Crippen LogP contribution is 2.14. The van der Waals surface area contributed by atoms with Crippen LogP contribution < -0.4 is 5.32 Å². The zero-order chi connectivity index (χ0) is 13.0. The SMILES string of the molecule is Cc1cnn(CCNC(C)c2ccc(I)cc2)c1. The highest BCUT2D eigenvalue weighted by atomic mass is 127. The number of nitrogens with zero attached hydrogens (tertiary/aromatic N) is 2. The van der Waals surface area contributed by atoms with Crippen molar-refractivity contribution in [2.45, 2.75) is 26.4 Å². The number of rotatable bonds is 5. The second-order valence-electron chi connectivity index (χ2n) is 4.51. The lowest BCUT2D eigenvalue weighted by molar-refractivity contribution is 0.507. The Morgan fingerprint density at radius 3 is 2.67 bits per heavy atom. The van der Waals surface area contributed by atoms with E-state index in [1.807, 2.05) is 10.9 Å². The topological polar surface area (TPSA) is 29.9 Å². The monoisotopic (exact) mass is 355 g/mol. The maximum Gasteiger partial charge on any atom is 0.0534 e. The van der Waals surface area contributed by atoms with Crippen LogP contribution in [-0.4, -0.2) is 16.3 Å². The molecule has 18 heavy (non-hydrogen) atoms. The number of halogens is 1. The lowest BCUT2D eigenvalue weighted by Gasteiger charge is -2.14. The fourth-order valence-electron chi connectivity index (χ4n) is 1.85. The summed E-state index contributed by atoms with van der Waals surface area (Å²) in [7, 11) is 0. The Bertz CT molecular complexity index is 490. The van der Waals surface area contributed by atoms with Crippen molar-refractivity contribution in [1.29, 1.82) is 0 Å². The molecule has 0 aliphatic heterocycles. The van der Waals surface area contributed by atoms with Crippen LogP contribution in [0, 0.1) is 10.5 Å². The summed E-state index contributed by atoms with van der Waals surface area (Å²) in [4.78, 5) is 0. The predicted molar refractivity (Wildman–Crippen MR) is 82.5 cm³/mol. The molecular formula is C14H18IN3. The Morgan fingerprint density at radius 2 is 2.06 bits per heavy atom. The van der Waals surface area contributed by atoms with Crippen LogP contribution in [0.15, 0.2) is 36.7 Å². The van der Waals surface area contributed by atoms with Gasteiger partial charge in [0.1, 0.15) is 0 Å². The molecule has 0 spiro atoms. The summed E-state index contributed by atoms with van der Waals surface area (Å²) < 4.78 is 3.25. The molecule has 0 aliphatic carbocycles. The molecule has 0 saturated carbocycles. The number of nitrogens with one attached hydrogen (secondary N) is 1. The van der Waals surface area contributed by atoms with E-state index in [0.717, 1.165) is 13.1 Å². The highest BCUT2D eigenvalue weighted by molar-refractivity contribution is 14.1. The first kappa shape index (κ1) is 13.5.